The number of amides is 4. The van der Waals surface area contributed by atoms with Crippen LogP contribution in [0.15, 0.2) is 48.5 Å². The van der Waals surface area contributed by atoms with Crippen LogP contribution in [-0.4, -0.2) is 96.2 Å². The van der Waals surface area contributed by atoms with E-state index < -0.39 is 17.2 Å². The van der Waals surface area contributed by atoms with Crippen LogP contribution in [-0.2, 0) is 25.6 Å². The summed E-state index contributed by atoms with van der Waals surface area (Å²) in [6.07, 6.45) is 9.53. The molecule has 2 aliphatic heterocycles. The van der Waals surface area contributed by atoms with Crippen molar-refractivity contribution < 1.29 is 33.4 Å². The third-order valence-corrected chi connectivity index (χ3v) is 11.3. The first kappa shape index (κ1) is 44.0. The number of nitrogens with zero attached hydrogens (tertiary/aromatic N) is 2. The molecule has 1 aliphatic carbocycles. The number of piperazine rings is 1. The minimum absolute atomic E-state index is 0.0444. The highest BCUT2D eigenvalue weighted by Crippen LogP contribution is 2.36. The first-order chi connectivity index (χ1) is 27.2. The number of unbranched alkanes of at least 4 members (excludes halogenated alkanes) is 1. The second-order valence-electron chi connectivity index (χ2n) is 17.6. The number of hydrogen-bond donors (Lipinski definition) is 3. The SMILES string of the molecule is CCCCN1C(=O)C(CC2CCCCC2)NC(=O)C12CCN(Cc1ccc(Oc3ccc(C(=O)NCC(C)COCC(C)NC(=O)OC(C)(C)C)cc3)cc1)CC2. The fraction of sp³-hybridized carbons (Fsp3) is 0.644. The second-order valence-corrected chi connectivity index (χ2v) is 17.6. The zero-order chi connectivity index (χ0) is 41.0. The van der Waals surface area contributed by atoms with Gasteiger partial charge in [-0.05, 0) is 107 Å². The first-order valence-corrected chi connectivity index (χ1v) is 21.3. The van der Waals surface area contributed by atoms with Crippen molar-refractivity contribution in [3.63, 3.8) is 0 Å². The number of nitrogens with one attached hydrogen (secondary N) is 3. The van der Waals surface area contributed by atoms with E-state index >= 15 is 0 Å². The van der Waals surface area contributed by atoms with Crippen LogP contribution >= 0.6 is 0 Å². The van der Waals surface area contributed by atoms with E-state index in [2.05, 4.69) is 39.9 Å². The van der Waals surface area contributed by atoms with Gasteiger partial charge in [0, 0.05) is 38.3 Å². The van der Waals surface area contributed by atoms with Crippen molar-refractivity contribution in [2.45, 2.75) is 136 Å². The van der Waals surface area contributed by atoms with Crippen molar-refractivity contribution in [1.82, 2.24) is 25.8 Å². The third kappa shape index (κ3) is 12.9. The van der Waals surface area contributed by atoms with Gasteiger partial charge in [0.15, 0.2) is 0 Å². The van der Waals surface area contributed by atoms with E-state index in [1.165, 1.54) is 19.3 Å². The van der Waals surface area contributed by atoms with Crippen LogP contribution in [0.1, 0.15) is 122 Å². The Kier molecular flexibility index (Phi) is 15.8. The number of ether oxygens (including phenoxy) is 3. The van der Waals surface area contributed by atoms with Gasteiger partial charge in [0.2, 0.25) is 11.8 Å². The largest absolute Gasteiger partial charge is 0.457 e. The molecule has 1 saturated carbocycles. The molecule has 12 nitrogen and oxygen atoms in total. The first-order valence-electron chi connectivity index (χ1n) is 21.3. The van der Waals surface area contributed by atoms with Crippen molar-refractivity contribution in [3.8, 4) is 11.5 Å². The van der Waals surface area contributed by atoms with E-state index in [1.807, 2.05) is 51.7 Å². The van der Waals surface area contributed by atoms with Gasteiger partial charge in [0.25, 0.3) is 5.91 Å². The molecule has 12 heteroatoms. The van der Waals surface area contributed by atoms with E-state index in [9.17, 15) is 19.2 Å². The summed E-state index contributed by atoms with van der Waals surface area (Å²) < 4.78 is 17.1. The maximum absolute atomic E-state index is 13.9. The number of alkyl carbamates (subject to hydrolysis) is 1. The minimum Gasteiger partial charge on any atom is -0.457 e. The van der Waals surface area contributed by atoms with Gasteiger partial charge in [0.1, 0.15) is 28.7 Å². The molecule has 2 heterocycles. The monoisotopic (exact) mass is 790 g/mol. The number of piperidine rings is 1. The van der Waals surface area contributed by atoms with Crippen LogP contribution in [0.4, 0.5) is 4.79 Å². The fourth-order valence-electron chi connectivity index (χ4n) is 8.17. The molecule has 0 bridgehead atoms. The Morgan fingerprint density at radius 3 is 2.21 bits per heavy atom. The van der Waals surface area contributed by atoms with E-state index in [-0.39, 0.29) is 35.7 Å². The summed E-state index contributed by atoms with van der Waals surface area (Å²) in [6.45, 7) is 15.5. The normalized spacial score (nSPS) is 20.1. The smallest absolute Gasteiger partial charge is 0.407 e. The van der Waals surface area contributed by atoms with Crippen molar-refractivity contribution in [3.05, 3.63) is 59.7 Å². The molecule has 2 saturated heterocycles. The molecule has 2 aromatic rings. The van der Waals surface area contributed by atoms with Crippen molar-refractivity contribution in [1.29, 1.82) is 0 Å². The number of likely N-dealkylation sites (tertiary alicyclic amines) is 1. The molecule has 3 N–H and O–H groups in total. The number of carbonyl (C=O) groups is 4. The summed E-state index contributed by atoms with van der Waals surface area (Å²) in [5.74, 6) is 1.93. The van der Waals surface area contributed by atoms with Crippen molar-refractivity contribution >= 4 is 23.8 Å². The molecule has 3 unspecified atom stereocenters. The number of rotatable bonds is 17. The Morgan fingerprint density at radius 2 is 1.58 bits per heavy atom. The molecule has 57 heavy (non-hydrogen) atoms. The van der Waals surface area contributed by atoms with E-state index in [0.717, 1.165) is 57.3 Å². The van der Waals surface area contributed by atoms with Gasteiger partial charge in [-0.1, -0.05) is 64.5 Å². The highest BCUT2D eigenvalue weighted by Gasteiger charge is 2.53. The Labute approximate surface area is 340 Å². The van der Waals surface area contributed by atoms with Crippen molar-refractivity contribution in [2.75, 3.05) is 39.4 Å². The highest BCUT2D eigenvalue weighted by atomic mass is 16.6. The molecule has 2 aromatic carbocycles. The van der Waals surface area contributed by atoms with Crippen molar-refractivity contribution in [2.24, 2.45) is 11.8 Å². The Morgan fingerprint density at radius 1 is 0.930 bits per heavy atom. The van der Waals surface area contributed by atoms with Gasteiger partial charge in [-0.2, -0.15) is 0 Å². The lowest BCUT2D eigenvalue weighted by Gasteiger charge is -2.52. The summed E-state index contributed by atoms with van der Waals surface area (Å²) in [5, 5.41) is 8.92. The third-order valence-electron chi connectivity index (χ3n) is 11.3. The highest BCUT2D eigenvalue weighted by molar-refractivity contribution is 6.00. The molecule has 314 valence electrons. The summed E-state index contributed by atoms with van der Waals surface area (Å²) in [7, 11) is 0. The van der Waals surface area contributed by atoms with Crippen LogP contribution in [0.2, 0.25) is 0 Å². The zero-order valence-corrected chi connectivity index (χ0v) is 35.2. The van der Waals surface area contributed by atoms with E-state index in [0.29, 0.717) is 62.1 Å². The van der Waals surface area contributed by atoms with Crippen LogP contribution in [0.25, 0.3) is 0 Å². The summed E-state index contributed by atoms with van der Waals surface area (Å²) in [4.78, 5) is 56.8. The molecule has 3 fully saturated rings. The molecular formula is C45H67N5O7. The van der Waals surface area contributed by atoms with Crippen LogP contribution in [0, 0.1) is 11.8 Å². The Bertz CT molecular complexity index is 1610. The lowest BCUT2D eigenvalue weighted by Crippen LogP contribution is -2.73. The van der Waals surface area contributed by atoms with Gasteiger partial charge < -0.3 is 35.1 Å². The molecule has 4 amide bonds. The molecule has 3 atom stereocenters. The zero-order valence-electron chi connectivity index (χ0n) is 35.2. The van der Waals surface area contributed by atoms with E-state index in [1.54, 1.807) is 24.3 Å². The number of benzene rings is 2. The summed E-state index contributed by atoms with van der Waals surface area (Å²) in [5.41, 5.74) is 0.371. The Hall–Kier alpha value is -4.16. The number of carbonyl (C=O) groups excluding carboxylic acids is 4. The average Bonchev–Trinajstić information content (AvgIpc) is 3.17. The molecule has 1 spiro atoms. The molecule has 3 aliphatic rings. The van der Waals surface area contributed by atoms with E-state index in [4.69, 9.17) is 14.2 Å². The standard InChI is InChI=1S/C45H67N5O7/c1-7-8-24-50-41(52)39(27-34-12-10-9-11-13-34)48-42(53)45(50)22-25-49(26-23-45)29-35-14-18-37(19-15-35)56-38-20-16-36(17-21-38)40(51)46-28-32(2)30-55-31-33(3)47-43(54)57-44(4,5)6/h14-21,32-34,39H,7-13,22-31H2,1-6H3,(H,46,51)(H,47,54)(H,48,53). The molecule has 0 radical (unpaired) electrons. The molecule has 5 rings (SSSR count). The van der Waals surface area contributed by atoms with Crippen LogP contribution in [0.5, 0.6) is 11.5 Å². The summed E-state index contributed by atoms with van der Waals surface area (Å²) >= 11 is 0. The topological polar surface area (TPSA) is 139 Å². The summed E-state index contributed by atoms with van der Waals surface area (Å²) in [6, 6.07) is 14.5. The van der Waals surface area contributed by atoms with Gasteiger partial charge >= 0.3 is 6.09 Å². The maximum atomic E-state index is 13.9. The molecule has 0 aromatic heterocycles. The maximum Gasteiger partial charge on any atom is 0.407 e. The predicted octanol–water partition coefficient (Wildman–Crippen LogP) is 7.21. The van der Waals surface area contributed by atoms with Crippen LogP contribution in [0.3, 0.4) is 0 Å². The lowest BCUT2D eigenvalue weighted by molar-refractivity contribution is -0.162. The predicted molar refractivity (Wildman–Crippen MR) is 221 cm³/mol. The fourth-order valence-corrected chi connectivity index (χ4v) is 8.17. The van der Waals surface area contributed by atoms with Gasteiger partial charge in [-0.25, -0.2) is 4.79 Å². The van der Waals surface area contributed by atoms with Gasteiger partial charge in [-0.15, -0.1) is 0 Å². The quantitative estimate of drug-likeness (QED) is 0.153. The van der Waals surface area contributed by atoms with Gasteiger partial charge in [0.05, 0.1) is 19.3 Å². The average molecular weight is 790 g/mol. The number of hydrogen-bond acceptors (Lipinski definition) is 8. The van der Waals surface area contributed by atoms with Crippen LogP contribution < -0.4 is 20.7 Å². The second kappa shape index (κ2) is 20.5. The lowest BCUT2D eigenvalue weighted by atomic mass is 9.79. The molecular weight excluding hydrogens is 723 g/mol. The Balaban J connectivity index is 1.03. The van der Waals surface area contributed by atoms with Gasteiger partial charge in [-0.3, -0.25) is 19.3 Å². The minimum atomic E-state index is -0.753.